The SMILES string of the molecule is CCCNC(=O)CN=C(NCC)N(C)Cc1ccc(Cl)c(Cl)c1. The van der Waals surface area contributed by atoms with E-state index in [0.717, 1.165) is 18.5 Å². The maximum atomic E-state index is 11.7. The van der Waals surface area contributed by atoms with E-state index in [-0.39, 0.29) is 12.5 Å². The van der Waals surface area contributed by atoms with Crippen LogP contribution in [-0.2, 0) is 11.3 Å². The first-order chi connectivity index (χ1) is 11.0. The summed E-state index contributed by atoms with van der Waals surface area (Å²) in [4.78, 5) is 18.0. The molecule has 0 heterocycles. The largest absolute Gasteiger partial charge is 0.357 e. The molecule has 0 bridgehead atoms. The number of carbonyl (C=O) groups is 1. The molecule has 0 spiro atoms. The summed E-state index contributed by atoms with van der Waals surface area (Å²) < 4.78 is 0. The van der Waals surface area contributed by atoms with Crippen LogP contribution in [0.5, 0.6) is 0 Å². The van der Waals surface area contributed by atoms with E-state index in [1.165, 1.54) is 0 Å². The minimum absolute atomic E-state index is 0.0785. The second-order valence-corrected chi connectivity index (χ2v) is 5.94. The van der Waals surface area contributed by atoms with Gasteiger partial charge in [0.25, 0.3) is 0 Å². The average molecular weight is 359 g/mol. The Kier molecular flexibility index (Phi) is 8.81. The molecule has 1 aromatic rings. The molecule has 1 aromatic carbocycles. The van der Waals surface area contributed by atoms with Crippen molar-refractivity contribution >= 4 is 35.1 Å². The zero-order valence-corrected chi connectivity index (χ0v) is 15.3. The number of amides is 1. The van der Waals surface area contributed by atoms with E-state index >= 15 is 0 Å². The van der Waals surface area contributed by atoms with Crippen LogP contribution in [0.15, 0.2) is 23.2 Å². The Morgan fingerprint density at radius 2 is 1.96 bits per heavy atom. The van der Waals surface area contributed by atoms with E-state index in [4.69, 9.17) is 23.2 Å². The third kappa shape index (κ3) is 7.10. The quantitative estimate of drug-likeness (QED) is 0.581. The number of hydrogen-bond donors (Lipinski definition) is 2. The van der Waals surface area contributed by atoms with Gasteiger partial charge in [-0.25, -0.2) is 4.99 Å². The van der Waals surface area contributed by atoms with Crippen LogP contribution < -0.4 is 10.6 Å². The molecule has 1 rings (SSSR count). The first-order valence-electron chi connectivity index (χ1n) is 7.68. The Morgan fingerprint density at radius 1 is 1.22 bits per heavy atom. The first-order valence-corrected chi connectivity index (χ1v) is 8.43. The zero-order valence-electron chi connectivity index (χ0n) is 13.8. The summed E-state index contributed by atoms with van der Waals surface area (Å²) in [5.74, 6) is 0.593. The minimum Gasteiger partial charge on any atom is -0.357 e. The van der Waals surface area contributed by atoms with Crippen molar-refractivity contribution in [2.75, 3.05) is 26.7 Å². The molecule has 0 fully saturated rings. The molecule has 0 aliphatic heterocycles. The number of aliphatic imine (C=N–C) groups is 1. The highest BCUT2D eigenvalue weighted by atomic mass is 35.5. The van der Waals surface area contributed by atoms with Gasteiger partial charge < -0.3 is 15.5 Å². The lowest BCUT2D eigenvalue weighted by molar-refractivity contribution is -0.119. The third-order valence-corrected chi connectivity index (χ3v) is 3.78. The summed E-state index contributed by atoms with van der Waals surface area (Å²) in [7, 11) is 1.91. The van der Waals surface area contributed by atoms with Crippen molar-refractivity contribution in [3.8, 4) is 0 Å². The number of halogens is 2. The number of carbonyl (C=O) groups excluding carboxylic acids is 1. The van der Waals surface area contributed by atoms with Crippen molar-refractivity contribution in [2.24, 2.45) is 4.99 Å². The van der Waals surface area contributed by atoms with Gasteiger partial charge in [-0.15, -0.1) is 0 Å². The fourth-order valence-electron chi connectivity index (χ4n) is 1.92. The lowest BCUT2D eigenvalue weighted by Gasteiger charge is -2.22. The number of hydrogen-bond acceptors (Lipinski definition) is 2. The molecule has 23 heavy (non-hydrogen) atoms. The van der Waals surface area contributed by atoms with Crippen LogP contribution in [0.25, 0.3) is 0 Å². The van der Waals surface area contributed by atoms with Crippen LogP contribution >= 0.6 is 23.2 Å². The van der Waals surface area contributed by atoms with Gasteiger partial charge in [0.05, 0.1) is 10.0 Å². The van der Waals surface area contributed by atoms with Crippen molar-refractivity contribution < 1.29 is 4.79 Å². The summed E-state index contributed by atoms with van der Waals surface area (Å²) >= 11 is 12.0. The first kappa shape index (κ1) is 19.6. The fourth-order valence-corrected chi connectivity index (χ4v) is 2.24. The molecule has 0 atom stereocenters. The predicted octanol–water partition coefficient (Wildman–Crippen LogP) is 2.92. The predicted molar refractivity (Wildman–Crippen MR) is 97.2 cm³/mol. The molecule has 1 amide bonds. The Balaban J connectivity index is 2.70. The molecule has 128 valence electrons. The molecule has 2 N–H and O–H groups in total. The summed E-state index contributed by atoms with van der Waals surface area (Å²) in [5, 5.41) is 7.04. The smallest absolute Gasteiger partial charge is 0.241 e. The molecule has 0 saturated carbocycles. The Labute approximate surface area is 148 Å². The second kappa shape index (κ2) is 10.3. The van der Waals surface area contributed by atoms with Crippen LogP contribution in [0.3, 0.4) is 0 Å². The molecular formula is C16H24Cl2N4O. The summed E-state index contributed by atoms with van der Waals surface area (Å²) in [6.07, 6.45) is 0.909. The standard InChI is InChI=1S/C16H24Cl2N4O/c1-4-8-20-15(23)10-21-16(19-5-2)22(3)11-12-6-7-13(17)14(18)9-12/h6-7,9H,4-5,8,10-11H2,1-3H3,(H,19,21)(H,20,23). The Bertz CT molecular complexity index is 549. The van der Waals surface area contributed by atoms with Gasteiger partial charge in [0.1, 0.15) is 6.54 Å². The van der Waals surface area contributed by atoms with E-state index in [1.807, 2.05) is 37.9 Å². The lowest BCUT2D eigenvalue weighted by Crippen LogP contribution is -2.39. The van der Waals surface area contributed by atoms with Gasteiger partial charge in [-0.3, -0.25) is 4.79 Å². The van der Waals surface area contributed by atoms with E-state index in [9.17, 15) is 4.79 Å². The van der Waals surface area contributed by atoms with Crippen LogP contribution in [0.2, 0.25) is 10.0 Å². The fraction of sp³-hybridized carbons (Fsp3) is 0.500. The van der Waals surface area contributed by atoms with E-state index in [2.05, 4.69) is 15.6 Å². The van der Waals surface area contributed by atoms with Gasteiger partial charge in [0.15, 0.2) is 5.96 Å². The highest BCUT2D eigenvalue weighted by Gasteiger charge is 2.09. The van der Waals surface area contributed by atoms with Crippen molar-refractivity contribution in [1.82, 2.24) is 15.5 Å². The van der Waals surface area contributed by atoms with Gasteiger partial charge in [0, 0.05) is 26.7 Å². The molecular weight excluding hydrogens is 335 g/mol. The van der Waals surface area contributed by atoms with Crippen LogP contribution in [0, 0.1) is 0 Å². The van der Waals surface area contributed by atoms with Crippen LogP contribution in [-0.4, -0.2) is 43.4 Å². The van der Waals surface area contributed by atoms with Gasteiger partial charge in [0.2, 0.25) is 5.91 Å². The second-order valence-electron chi connectivity index (χ2n) is 5.12. The van der Waals surface area contributed by atoms with Crippen molar-refractivity contribution in [3.05, 3.63) is 33.8 Å². The molecule has 0 saturated heterocycles. The number of nitrogens with one attached hydrogen (secondary N) is 2. The van der Waals surface area contributed by atoms with Gasteiger partial charge in [-0.1, -0.05) is 36.2 Å². The molecule has 0 aliphatic rings. The average Bonchev–Trinajstić information content (AvgIpc) is 2.52. The normalized spacial score (nSPS) is 11.3. The molecule has 0 unspecified atom stereocenters. The number of guanidine groups is 1. The lowest BCUT2D eigenvalue weighted by atomic mass is 10.2. The maximum absolute atomic E-state index is 11.7. The zero-order chi connectivity index (χ0) is 17.2. The molecule has 0 radical (unpaired) electrons. The van der Waals surface area contributed by atoms with E-state index in [0.29, 0.717) is 29.1 Å². The number of nitrogens with zero attached hydrogens (tertiary/aromatic N) is 2. The number of rotatable bonds is 7. The van der Waals surface area contributed by atoms with E-state index < -0.39 is 0 Å². The van der Waals surface area contributed by atoms with Gasteiger partial charge in [-0.05, 0) is 31.0 Å². The Hall–Kier alpha value is -1.46. The Morgan fingerprint density at radius 3 is 2.57 bits per heavy atom. The van der Waals surface area contributed by atoms with Gasteiger partial charge in [-0.2, -0.15) is 0 Å². The molecule has 5 nitrogen and oxygen atoms in total. The topological polar surface area (TPSA) is 56.7 Å². The summed E-state index contributed by atoms with van der Waals surface area (Å²) in [6.45, 7) is 6.11. The monoisotopic (exact) mass is 358 g/mol. The molecule has 0 aromatic heterocycles. The minimum atomic E-state index is -0.0785. The molecule has 0 aliphatic carbocycles. The highest BCUT2D eigenvalue weighted by Crippen LogP contribution is 2.23. The highest BCUT2D eigenvalue weighted by molar-refractivity contribution is 6.42. The third-order valence-electron chi connectivity index (χ3n) is 3.04. The van der Waals surface area contributed by atoms with Crippen molar-refractivity contribution in [3.63, 3.8) is 0 Å². The number of benzene rings is 1. The van der Waals surface area contributed by atoms with Crippen molar-refractivity contribution in [1.29, 1.82) is 0 Å². The van der Waals surface area contributed by atoms with Crippen LogP contribution in [0.1, 0.15) is 25.8 Å². The van der Waals surface area contributed by atoms with Crippen LogP contribution in [0.4, 0.5) is 0 Å². The van der Waals surface area contributed by atoms with E-state index in [1.54, 1.807) is 6.07 Å². The summed E-state index contributed by atoms with van der Waals surface area (Å²) in [6, 6.07) is 5.52. The molecule has 7 heteroatoms. The summed E-state index contributed by atoms with van der Waals surface area (Å²) in [5.41, 5.74) is 1.02. The van der Waals surface area contributed by atoms with Crippen molar-refractivity contribution in [2.45, 2.75) is 26.8 Å². The maximum Gasteiger partial charge on any atom is 0.241 e. The van der Waals surface area contributed by atoms with Gasteiger partial charge >= 0.3 is 0 Å².